The van der Waals surface area contributed by atoms with Crippen molar-refractivity contribution >= 4 is 6.03 Å². The summed E-state index contributed by atoms with van der Waals surface area (Å²) >= 11 is 0. The van der Waals surface area contributed by atoms with Crippen LogP contribution in [0.2, 0.25) is 0 Å². The third-order valence-corrected chi connectivity index (χ3v) is 4.79. The Morgan fingerprint density at radius 3 is 2.52 bits per heavy atom. The number of likely N-dealkylation sites (tertiary alicyclic amines) is 1. The summed E-state index contributed by atoms with van der Waals surface area (Å²) < 4.78 is 15.0. The van der Waals surface area contributed by atoms with E-state index in [9.17, 15) is 9.18 Å². The Balaban J connectivity index is 1.44. The maximum Gasteiger partial charge on any atom is 0.317 e. The number of piperidine rings is 1. The molecule has 134 valence electrons. The van der Waals surface area contributed by atoms with Gasteiger partial charge in [0.15, 0.2) is 0 Å². The number of halogens is 1. The number of urea groups is 1. The van der Waals surface area contributed by atoms with E-state index < -0.39 is 0 Å². The SMILES string of the molecule is Cc1cc(C)n(CC2CCN(C(=O)NCc3ccc(F)cc3)CC2)n1. The van der Waals surface area contributed by atoms with Crippen molar-refractivity contribution < 1.29 is 9.18 Å². The lowest BCUT2D eigenvalue weighted by Gasteiger charge is -2.32. The van der Waals surface area contributed by atoms with E-state index in [2.05, 4.69) is 28.1 Å². The Labute approximate surface area is 147 Å². The minimum Gasteiger partial charge on any atom is -0.334 e. The second-order valence-electron chi connectivity index (χ2n) is 6.82. The van der Waals surface area contributed by atoms with Crippen LogP contribution in [0.1, 0.15) is 29.8 Å². The van der Waals surface area contributed by atoms with E-state index in [1.165, 1.54) is 17.8 Å². The van der Waals surface area contributed by atoms with E-state index in [0.717, 1.165) is 43.7 Å². The molecule has 0 bridgehead atoms. The van der Waals surface area contributed by atoms with Crippen LogP contribution in [-0.2, 0) is 13.1 Å². The molecule has 1 aliphatic heterocycles. The van der Waals surface area contributed by atoms with Crippen molar-refractivity contribution in [2.45, 2.75) is 39.8 Å². The minimum absolute atomic E-state index is 0.0473. The van der Waals surface area contributed by atoms with Crippen molar-refractivity contribution in [1.29, 1.82) is 0 Å². The first-order valence-corrected chi connectivity index (χ1v) is 8.79. The van der Waals surface area contributed by atoms with E-state index in [-0.39, 0.29) is 11.8 Å². The molecule has 0 spiro atoms. The van der Waals surface area contributed by atoms with E-state index in [4.69, 9.17) is 0 Å². The Morgan fingerprint density at radius 1 is 1.24 bits per heavy atom. The molecule has 0 unspecified atom stereocenters. The number of hydrogen-bond donors (Lipinski definition) is 1. The summed E-state index contributed by atoms with van der Waals surface area (Å²) in [4.78, 5) is 14.1. The first-order valence-electron chi connectivity index (χ1n) is 8.79. The van der Waals surface area contributed by atoms with Gasteiger partial charge in [-0.3, -0.25) is 4.68 Å². The number of carbonyl (C=O) groups excluding carboxylic acids is 1. The van der Waals surface area contributed by atoms with Gasteiger partial charge in [-0.15, -0.1) is 0 Å². The zero-order chi connectivity index (χ0) is 17.8. The Kier molecular flexibility index (Phi) is 5.36. The maximum atomic E-state index is 12.9. The topological polar surface area (TPSA) is 50.2 Å². The number of benzene rings is 1. The van der Waals surface area contributed by atoms with Gasteiger partial charge in [-0.1, -0.05) is 12.1 Å². The van der Waals surface area contributed by atoms with Crippen molar-refractivity contribution in [3.05, 3.63) is 53.1 Å². The molecule has 1 aromatic heterocycles. The van der Waals surface area contributed by atoms with Gasteiger partial charge < -0.3 is 10.2 Å². The van der Waals surface area contributed by atoms with Crippen LogP contribution >= 0.6 is 0 Å². The number of amides is 2. The van der Waals surface area contributed by atoms with E-state index in [1.807, 2.05) is 11.8 Å². The molecular weight excluding hydrogens is 319 g/mol. The molecule has 2 aromatic rings. The summed E-state index contributed by atoms with van der Waals surface area (Å²) in [6.45, 7) is 6.96. The number of nitrogens with zero attached hydrogens (tertiary/aromatic N) is 3. The summed E-state index contributed by atoms with van der Waals surface area (Å²) in [6, 6.07) is 8.25. The van der Waals surface area contributed by atoms with Crippen LogP contribution in [0.4, 0.5) is 9.18 Å². The maximum absolute atomic E-state index is 12.9. The highest BCUT2D eigenvalue weighted by atomic mass is 19.1. The summed E-state index contributed by atoms with van der Waals surface area (Å²) in [7, 11) is 0. The number of nitrogens with one attached hydrogen (secondary N) is 1. The molecule has 6 heteroatoms. The highest BCUT2D eigenvalue weighted by Gasteiger charge is 2.23. The monoisotopic (exact) mass is 344 g/mol. The van der Waals surface area contributed by atoms with E-state index >= 15 is 0 Å². The fraction of sp³-hybridized carbons (Fsp3) is 0.474. The fourth-order valence-corrected chi connectivity index (χ4v) is 3.31. The van der Waals surface area contributed by atoms with Gasteiger partial charge in [-0.2, -0.15) is 5.10 Å². The van der Waals surface area contributed by atoms with Crippen molar-refractivity contribution in [1.82, 2.24) is 20.0 Å². The van der Waals surface area contributed by atoms with Crippen LogP contribution in [0.3, 0.4) is 0 Å². The second-order valence-corrected chi connectivity index (χ2v) is 6.82. The van der Waals surface area contributed by atoms with Crippen LogP contribution in [0.25, 0.3) is 0 Å². The van der Waals surface area contributed by atoms with Gasteiger partial charge in [0.2, 0.25) is 0 Å². The third kappa shape index (κ3) is 4.59. The predicted molar refractivity (Wildman–Crippen MR) is 94.6 cm³/mol. The molecule has 1 aliphatic rings. The lowest BCUT2D eigenvalue weighted by Crippen LogP contribution is -2.44. The second kappa shape index (κ2) is 7.68. The first-order chi connectivity index (χ1) is 12.0. The van der Waals surface area contributed by atoms with Crippen LogP contribution in [0.15, 0.2) is 30.3 Å². The van der Waals surface area contributed by atoms with E-state index in [1.54, 1.807) is 12.1 Å². The van der Waals surface area contributed by atoms with Gasteiger partial charge in [-0.05, 0) is 56.4 Å². The number of aromatic nitrogens is 2. The van der Waals surface area contributed by atoms with Crippen LogP contribution < -0.4 is 5.32 Å². The Bertz CT molecular complexity index is 718. The molecule has 2 heterocycles. The molecule has 0 atom stereocenters. The van der Waals surface area contributed by atoms with Crippen molar-refractivity contribution in [2.75, 3.05) is 13.1 Å². The van der Waals surface area contributed by atoms with Crippen molar-refractivity contribution in [3.63, 3.8) is 0 Å². The fourth-order valence-electron chi connectivity index (χ4n) is 3.31. The molecule has 1 aromatic carbocycles. The molecule has 1 fully saturated rings. The molecule has 3 rings (SSSR count). The summed E-state index contributed by atoms with van der Waals surface area (Å²) in [5.74, 6) is 0.291. The molecule has 25 heavy (non-hydrogen) atoms. The van der Waals surface area contributed by atoms with Gasteiger partial charge >= 0.3 is 6.03 Å². The lowest BCUT2D eigenvalue weighted by atomic mass is 9.97. The zero-order valence-corrected chi connectivity index (χ0v) is 14.8. The highest BCUT2D eigenvalue weighted by molar-refractivity contribution is 5.74. The van der Waals surface area contributed by atoms with Crippen LogP contribution in [0, 0.1) is 25.6 Å². The molecule has 0 saturated carbocycles. The normalized spacial score (nSPS) is 15.4. The Morgan fingerprint density at radius 2 is 1.92 bits per heavy atom. The third-order valence-electron chi connectivity index (χ3n) is 4.79. The van der Waals surface area contributed by atoms with Gasteiger partial charge in [-0.25, -0.2) is 9.18 Å². The number of carbonyl (C=O) groups is 1. The van der Waals surface area contributed by atoms with Gasteiger partial charge in [0, 0.05) is 31.9 Å². The standard InChI is InChI=1S/C19H25FN4O/c1-14-11-15(2)24(22-14)13-17-7-9-23(10-8-17)19(25)21-12-16-3-5-18(20)6-4-16/h3-6,11,17H,7-10,12-13H2,1-2H3,(H,21,25). The summed E-state index contributed by atoms with van der Waals surface area (Å²) in [5, 5.41) is 7.44. The molecule has 2 amide bonds. The number of aryl methyl sites for hydroxylation is 2. The predicted octanol–water partition coefficient (Wildman–Crippen LogP) is 3.26. The molecule has 5 nitrogen and oxygen atoms in total. The molecule has 0 radical (unpaired) electrons. The largest absolute Gasteiger partial charge is 0.334 e. The lowest BCUT2D eigenvalue weighted by molar-refractivity contribution is 0.163. The average molecular weight is 344 g/mol. The highest BCUT2D eigenvalue weighted by Crippen LogP contribution is 2.20. The average Bonchev–Trinajstić information content (AvgIpc) is 2.92. The summed E-state index contributed by atoms with van der Waals surface area (Å²) in [6.07, 6.45) is 1.98. The van der Waals surface area contributed by atoms with E-state index in [0.29, 0.717) is 12.5 Å². The summed E-state index contributed by atoms with van der Waals surface area (Å²) in [5.41, 5.74) is 3.14. The van der Waals surface area contributed by atoms with Crippen molar-refractivity contribution in [3.8, 4) is 0 Å². The first kappa shape index (κ1) is 17.5. The molecule has 1 saturated heterocycles. The zero-order valence-electron chi connectivity index (χ0n) is 14.8. The quantitative estimate of drug-likeness (QED) is 0.925. The Hall–Kier alpha value is -2.37. The van der Waals surface area contributed by atoms with Crippen molar-refractivity contribution in [2.24, 2.45) is 5.92 Å². The minimum atomic E-state index is -0.264. The number of hydrogen-bond acceptors (Lipinski definition) is 2. The van der Waals surface area contributed by atoms with Gasteiger partial charge in [0.1, 0.15) is 5.82 Å². The van der Waals surface area contributed by atoms with Gasteiger partial charge in [0.05, 0.1) is 5.69 Å². The molecular formula is C19H25FN4O. The van der Waals surface area contributed by atoms with Gasteiger partial charge in [0.25, 0.3) is 0 Å². The molecule has 1 N–H and O–H groups in total. The van der Waals surface area contributed by atoms with Crippen LogP contribution in [-0.4, -0.2) is 33.8 Å². The smallest absolute Gasteiger partial charge is 0.317 e. The number of rotatable bonds is 4. The van der Waals surface area contributed by atoms with Crippen LogP contribution in [0.5, 0.6) is 0 Å². The molecule has 0 aliphatic carbocycles.